The van der Waals surface area contributed by atoms with Crippen molar-refractivity contribution in [1.82, 2.24) is 9.13 Å². The molecule has 0 fully saturated rings. The minimum atomic E-state index is -0.0856. The van der Waals surface area contributed by atoms with Crippen molar-refractivity contribution in [2.45, 2.75) is 6.54 Å². The highest BCUT2D eigenvalue weighted by molar-refractivity contribution is 5.79. The largest absolute Gasteiger partial charge is 0.328 e. The number of hydrogen-bond acceptors (Lipinski definition) is 3. The topological polar surface area (TPSA) is 56.4 Å². The Bertz CT molecular complexity index is 645. The van der Waals surface area contributed by atoms with Gasteiger partial charge in [0.15, 0.2) is 0 Å². The van der Waals surface area contributed by atoms with E-state index in [2.05, 4.69) is 4.99 Å². The third kappa shape index (κ3) is 1.38. The van der Waals surface area contributed by atoms with Crippen LogP contribution in [0, 0.1) is 0 Å². The van der Waals surface area contributed by atoms with Crippen LogP contribution in [0.15, 0.2) is 28.0 Å². The fourth-order valence-electron chi connectivity index (χ4n) is 1.90. The smallest absolute Gasteiger partial charge is 0.295 e. The lowest BCUT2D eigenvalue weighted by Gasteiger charge is -2.00. The summed E-state index contributed by atoms with van der Waals surface area (Å²) in [7, 11) is 3.43. The molecule has 0 atom stereocenters. The lowest BCUT2D eigenvalue weighted by atomic mass is 10.2. The Kier molecular flexibility index (Phi) is 2.46. The number of para-hydroxylation sites is 1. The number of carbonyl (C=O) groups excluding carboxylic acids is 1. The first-order valence-corrected chi connectivity index (χ1v) is 4.83. The molecule has 0 N–H and O–H groups in total. The second-order valence-corrected chi connectivity index (χ2v) is 3.59. The van der Waals surface area contributed by atoms with Crippen LogP contribution < -0.4 is 5.69 Å². The number of hydrogen-bond donors (Lipinski definition) is 0. The van der Waals surface area contributed by atoms with Gasteiger partial charge >= 0.3 is 5.69 Å². The molecule has 0 saturated heterocycles. The molecule has 1 aromatic heterocycles. The molecule has 1 aromatic carbocycles. The molecular weight excluding hydrogens is 206 g/mol. The summed E-state index contributed by atoms with van der Waals surface area (Å²) in [6, 6.07) is 5.56. The molecule has 0 bridgehead atoms. The number of fused-ring (bicyclic) bond motifs is 1. The zero-order valence-corrected chi connectivity index (χ0v) is 9.10. The van der Waals surface area contributed by atoms with Crippen LogP contribution in [-0.2, 0) is 25.4 Å². The van der Waals surface area contributed by atoms with Crippen LogP contribution in [0.25, 0.3) is 11.0 Å². The molecule has 82 valence electrons. The van der Waals surface area contributed by atoms with E-state index in [9.17, 15) is 9.59 Å². The summed E-state index contributed by atoms with van der Waals surface area (Å²) < 4.78 is 3.13. The van der Waals surface area contributed by atoms with Gasteiger partial charge < -0.3 is 0 Å². The Labute approximate surface area is 91.6 Å². The van der Waals surface area contributed by atoms with Crippen LogP contribution in [0.1, 0.15) is 5.56 Å². The van der Waals surface area contributed by atoms with Crippen molar-refractivity contribution in [3.05, 3.63) is 34.2 Å². The molecule has 0 unspecified atom stereocenters. The highest BCUT2D eigenvalue weighted by Gasteiger charge is 2.10. The maximum Gasteiger partial charge on any atom is 0.328 e. The van der Waals surface area contributed by atoms with Gasteiger partial charge in [0.2, 0.25) is 6.08 Å². The number of nitrogens with zero attached hydrogens (tertiary/aromatic N) is 3. The Balaban J connectivity index is 2.81. The van der Waals surface area contributed by atoms with Crippen LogP contribution in [0.3, 0.4) is 0 Å². The molecule has 0 aliphatic rings. The van der Waals surface area contributed by atoms with Crippen molar-refractivity contribution in [2.24, 2.45) is 19.1 Å². The van der Waals surface area contributed by atoms with Gasteiger partial charge in [0.1, 0.15) is 0 Å². The number of rotatable bonds is 2. The van der Waals surface area contributed by atoms with Crippen molar-refractivity contribution in [3.8, 4) is 0 Å². The third-order valence-electron chi connectivity index (χ3n) is 2.68. The van der Waals surface area contributed by atoms with E-state index in [0.29, 0.717) is 0 Å². The van der Waals surface area contributed by atoms with Crippen molar-refractivity contribution in [3.63, 3.8) is 0 Å². The first-order chi connectivity index (χ1) is 7.66. The Morgan fingerprint density at radius 1 is 1.31 bits per heavy atom. The Morgan fingerprint density at radius 2 is 2.06 bits per heavy atom. The van der Waals surface area contributed by atoms with Crippen molar-refractivity contribution >= 4 is 17.1 Å². The quantitative estimate of drug-likeness (QED) is 0.549. The number of benzene rings is 1. The molecule has 5 nitrogen and oxygen atoms in total. The highest BCUT2D eigenvalue weighted by atomic mass is 16.1. The maximum atomic E-state index is 11.7. The molecule has 0 saturated carbocycles. The lowest BCUT2D eigenvalue weighted by molar-refractivity contribution is 0.563. The first kappa shape index (κ1) is 10.4. The average molecular weight is 217 g/mol. The third-order valence-corrected chi connectivity index (χ3v) is 2.68. The minimum absolute atomic E-state index is 0.0856. The maximum absolute atomic E-state index is 11.7. The summed E-state index contributed by atoms with van der Waals surface area (Å²) in [6.07, 6.45) is 1.50. The summed E-state index contributed by atoms with van der Waals surface area (Å²) in [5.74, 6) is 0. The number of aromatic nitrogens is 2. The van der Waals surface area contributed by atoms with Gasteiger partial charge in [-0.1, -0.05) is 12.1 Å². The van der Waals surface area contributed by atoms with E-state index in [1.807, 2.05) is 18.2 Å². The van der Waals surface area contributed by atoms with E-state index in [4.69, 9.17) is 0 Å². The van der Waals surface area contributed by atoms with Crippen molar-refractivity contribution in [2.75, 3.05) is 0 Å². The van der Waals surface area contributed by atoms with Gasteiger partial charge in [-0.25, -0.2) is 14.6 Å². The molecule has 2 rings (SSSR count). The Hall–Kier alpha value is -2.13. The summed E-state index contributed by atoms with van der Waals surface area (Å²) in [6.45, 7) is 0.248. The van der Waals surface area contributed by atoms with Crippen LogP contribution in [0.5, 0.6) is 0 Å². The van der Waals surface area contributed by atoms with Gasteiger partial charge in [0, 0.05) is 19.7 Å². The van der Waals surface area contributed by atoms with E-state index in [1.165, 1.54) is 6.08 Å². The average Bonchev–Trinajstić information content (AvgIpc) is 2.53. The first-order valence-electron chi connectivity index (χ1n) is 4.83. The van der Waals surface area contributed by atoms with E-state index in [1.54, 1.807) is 23.2 Å². The van der Waals surface area contributed by atoms with Gasteiger partial charge in [-0.3, -0.25) is 9.13 Å². The number of imidazole rings is 1. The molecule has 0 spiro atoms. The van der Waals surface area contributed by atoms with Crippen LogP contribution in [0.4, 0.5) is 0 Å². The van der Waals surface area contributed by atoms with E-state index < -0.39 is 0 Å². The molecule has 0 radical (unpaired) electrons. The van der Waals surface area contributed by atoms with Gasteiger partial charge in [-0.05, 0) is 6.07 Å². The van der Waals surface area contributed by atoms with Crippen LogP contribution in [0.2, 0.25) is 0 Å². The summed E-state index contributed by atoms with van der Waals surface area (Å²) in [5, 5.41) is 0. The minimum Gasteiger partial charge on any atom is -0.295 e. The summed E-state index contributed by atoms with van der Waals surface area (Å²) in [5.41, 5.74) is 2.42. The second-order valence-electron chi connectivity index (χ2n) is 3.59. The van der Waals surface area contributed by atoms with Gasteiger partial charge in [-0.2, -0.15) is 0 Å². The number of aliphatic imine (C=N–C) groups is 1. The van der Waals surface area contributed by atoms with E-state index in [-0.39, 0.29) is 12.2 Å². The van der Waals surface area contributed by atoms with Crippen molar-refractivity contribution < 1.29 is 4.79 Å². The fraction of sp³-hybridized carbons (Fsp3) is 0.273. The normalized spacial score (nSPS) is 10.4. The van der Waals surface area contributed by atoms with Gasteiger partial charge in [-0.15, -0.1) is 0 Å². The zero-order valence-electron chi connectivity index (χ0n) is 9.10. The molecule has 0 aliphatic carbocycles. The fourth-order valence-corrected chi connectivity index (χ4v) is 1.90. The Morgan fingerprint density at radius 3 is 2.75 bits per heavy atom. The molecular formula is C11H11N3O2. The zero-order chi connectivity index (χ0) is 11.7. The van der Waals surface area contributed by atoms with Crippen LogP contribution >= 0.6 is 0 Å². The molecule has 5 heteroatoms. The molecule has 16 heavy (non-hydrogen) atoms. The lowest BCUT2D eigenvalue weighted by Crippen LogP contribution is -2.19. The van der Waals surface area contributed by atoms with Gasteiger partial charge in [0.25, 0.3) is 0 Å². The molecule has 0 aliphatic heterocycles. The highest BCUT2D eigenvalue weighted by Crippen LogP contribution is 2.17. The predicted octanol–water partition coefficient (Wildman–Crippen LogP) is 0.713. The van der Waals surface area contributed by atoms with Crippen LogP contribution in [-0.4, -0.2) is 15.2 Å². The summed E-state index contributed by atoms with van der Waals surface area (Å²) >= 11 is 0. The monoisotopic (exact) mass is 217 g/mol. The van der Waals surface area contributed by atoms with E-state index >= 15 is 0 Å². The molecule has 1 heterocycles. The van der Waals surface area contributed by atoms with Crippen molar-refractivity contribution in [1.29, 1.82) is 0 Å². The van der Waals surface area contributed by atoms with E-state index in [0.717, 1.165) is 16.6 Å². The van der Waals surface area contributed by atoms with Gasteiger partial charge in [0.05, 0.1) is 17.6 Å². The molecule has 2 aromatic rings. The number of aryl methyl sites for hydroxylation is 2. The SMILES string of the molecule is Cn1c(=O)n(C)c2c(CN=C=O)cccc21. The second kappa shape index (κ2) is 3.79. The summed E-state index contributed by atoms with van der Waals surface area (Å²) in [4.78, 5) is 25.4. The standard InChI is InChI=1S/C11H11N3O2/c1-13-9-5-3-4-8(6-12-7-15)10(9)14(2)11(13)16/h3-5H,6H2,1-2H3. The molecule has 0 amide bonds. The predicted molar refractivity (Wildman–Crippen MR) is 60.0 cm³/mol. The number of isocyanates is 1.